The first-order valence-electron chi connectivity index (χ1n) is 9.02. The number of carbonyl (C=O) groups is 1. The van der Waals surface area contributed by atoms with Gasteiger partial charge >= 0.3 is 6.18 Å². The van der Waals surface area contributed by atoms with Crippen molar-refractivity contribution in [2.45, 2.75) is 25.1 Å². The molecule has 1 aromatic rings. The molecule has 162 valence electrons. The van der Waals surface area contributed by atoms with E-state index in [9.17, 15) is 18.0 Å². The van der Waals surface area contributed by atoms with E-state index in [0.717, 1.165) is 32.0 Å². The SMILES string of the molecule is CN=C(NCCOc1ncc(C(F)(F)F)cc1Cl)NC1CCN(CC(N)=O)CC1. The number of amides is 1. The lowest BCUT2D eigenvalue weighted by Gasteiger charge is -2.32. The van der Waals surface area contributed by atoms with Gasteiger partial charge < -0.3 is 21.1 Å². The number of pyridine rings is 1. The lowest BCUT2D eigenvalue weighted by Crippen LogP contribution is -2.50. The number of primary amides is 1. The number of nitrogens with one attached hydrogen (secondary N) is 2. The van der Waals surface area contributed by atoms with Crippen molar-refractivity contribution in [2.75, 3.05) is 39.8 Å². The van der Waals surface area contributed by atoms with Crippen molar-refractivity contribution in [1.82, 2.24) is 20.5 Å². The summed E-state index contributed by atoms with van der Waals surface area (Å²) >= 11 is 5.80. The number of piperidine rings is 1. The lowest BCUT2D eigenvalue weighted by molar-refractivity contribution is -0.137. The highest BCUT2D eigenvalue weighted by Gasteiger charge is 2.31. The van der Waals surface area contributed by atoms with Crippen molar-refractivity contribution in [2.24, 2.45) is 10.7 Å². The Balaban J connectivity index is 1.72. The van der Waals surface area contributed by atoms with Crippen molar-refractivity contribution in [3.8, 4) is 5.88 Å². The molecular formula is C17H24ClF3N6O2. The molecule has 0 aromatic carbocycles. The van der Waals surface area contributed by atoms with Gasteiger partial charge in [-0.1, -0.05) is 11.6 Å². The van der Waals surface area contributed by atoms with E-state index in [0.29, 0.717) is 18.7 Å². The maximum atomic E-state index is 12.6. The summed E-state index contributed by atoms with van der Waals surface area (Å²) in [5.74, 6) is 0.177. The van der Waals surface area contributed by atoms with Crippen LogP contribution in [0.2, 0.25) is 5.02 Å². The highest BCUT2D eigenvalue weighted by molar-refractivity contribution is 6.31. The van der Waals surface area contributed by atoms with E-state index in [1.165, 1.54) is 0 Å². The number of rotatable bonds is 7. The predicted octanol–water partition coefficient (Wildman–Crippen LogP) is 1.25. The number of ether oxygens (including phenoxy) is 1. The maximum absolute atomic E-state index is 12.6. The van der Waals surface area contributed by atoms with Gasteiger partial charge in [-0.3, -0.25) is 14.7 Å². The van der Waals surface area contributed by atoms with E-state index in [2.05, 4.69) is 20.6 Å². The number of aromatic nitrogens is 1. The number of aliphatic imine (C=N–C) groups is 1. The van der Waals surface area contributed by atoms with Crippen LogP contribution >= 0.6 is 11.6 Å². The van der Waals surface area contributed by atoms with Crippen LogP contribution in [0.25, 0.3) is 0 Å². The minimum Gasteiger partial charge on any atom is -0.475 e. The molecule has 4 N–H and O–H groups in total. The highest BCUT2D eigenvalue weighted by Crippen LogP contribution is 2.32. The maximum Gasteiger partial charge on any atom is 0.417 e. The van der Waals surface area contributed by atoms with Crippen LogP contribution in [0.1, 0.15) is 18.4 Å². The van der Waals surface area contributed by atoms with Crippen LogP contribution in [0.15, 0.2) is 17.3 Å². The molecular weight excluding hydrogens is 413 g/mol. The van der Waals surface area contributed by atoms with Gasteiger partial charge in [-0.25, -0.2) is 4.98 Å². The van der Waals surface area contributed by atoms with Gasteiger partial charge in [0, 0.05) is 32.4 Å². The average Bonchev–Trinajstić information content (AvgIpc) is 2.65. The Hall–Kier alpha value is -2.27. The molecule has 0 atom stereocenters. The third kappa shape index (κ3) is 7.58. The van der Waals surface area contributed by atoms with Crippen molar-refractivity contribution in [1.29, 1.82) is 0 Å². The number of hydrogen-bond donors (Lipinski definition) is 3. The zero-order chi connectivity index (χ0) is 21.4. The topological polar surface area (TPSA) is 105 Å². The number of likely N-dealkylation sites (tertiary alicyclic amines) is 1. The third-order valence-electron chi connectivity index (χ3n) is 4.30. The van der Waals surface area contributed by atoms with Crippen molar-refractivity contribution in [3.05, 3.63) is 22.8 Å². The lowest BCUT2D eigenvalue weighted by atomic mass is 10.1. The van der Waals surface area contributed by atoms with Crippen molar-refractivity contribution in [3.63, 3.8) is 0 Å². The van der Waals surface area contributed by atoms with Gasteiger partial charge in [0.2, 0.25) is 11.8 Å². The van der Waals surface area contributed by atoms with Crippen LogP contribution in [0, 0.1) is 0 Å². The number of halogens is 4. The van der Waals surface area contributed by atoms with Gasteiger partial charge in [-0.2, -0.15) is 13.2 Å². The Labute approximate surface area is 171 Å². The second-order valence-electron chi connectivity index (χ2n) is 6.52. The summed E-state index contributed by atoms with van der Waals surface area (Å²) in [6, 6.07) is 0.986. The molecule has 1 aliphatic rings. The van der Waals surface area contributed by atoms with Gasteiger partial charge in [0.05, 0.1) is 18.7 Å². The van der Waals surface area contributed by atoms with Crippen LogP contribution in [-0.2, 0) is 11.0 Å². The second kappa shape index (κ2) is 10.5. The second-order valence-corrected chi connectivity index (χ2v) is 6.92. The Morgan fingerprint density at radius 2 is 2.14 bits per heavy atom. The molecule has 0 unspecified atom stereocenters. The molecule has 1 fully saturated rings. The Kier molecular flexibility index (Phi) is 8.32. The van der Waals surface area contributed by atoms with E-state index in [4.69, 9.17) is 22.1 Å². The monoisotopic (exact) mass is 436 g/mol. The molecule has 0 saturated carbocycles. The highest BCUT2D eigenvalue weighted by atomic mass is 35.5. The molecule has 8 nitrogen and oxygen atoms in total. The largest absolute Gasteiger partial charge is 0.475 e. The van der Waals surface area contributed by atoms with Crippen LogP contribution in [0.3, 0.4) is 0 Å². The first-order valence-corrected chi connectivity index (χ1v) is 9.40. The molecule has 1 aromatic heterocycles. The van der Waals surface area contributed by atoms with Crippen LogP contribution < -0.4 is 21.1 Å². The molecule has 1 amide bonds. The fourth-order valence-corrected chi connectivity index (χ4v) is 3.07. The Morgan fingerprint density at radius 1 is 1.45 bits per heavy atom. The average molecular weight is 437 g/mol. The number of nitrogens with two attached hydrogens (primary N) is 1. The zero-order valence-corrected chi connectivity index (χ0v) is 16.7. The number of nitrogens with zero attached hydrogens (tertiary/aromatic N) is 3. The van der Waals surface area contributed by atoms with E-state index in [1.54, 1.807) is 7.05 Å². The Bertz CT molecular complexity index is 724. The van der Waals surface area contributed by atoms with E-state index in [-0.39, 0.29) is 36.0 Å². The first kappa shape index (κ1) is 23.0. The number of alkyl halides is 3. The predicted molar refractivity (Wildman–Crippen MR) is 103 cm³/mol. The molecule has 0 bridgehead atoms. The van der Waals surface area contributed by atoms with Crippen molar-refractivity contribution < 1.29 is 22.7 Å². The fraction of sp³-hybridized carbons (Fsp3) is 0.588. The van der Waals surface area contributed by atoms with E-state index < -0.39 is 11.7 Å². The summed E-state index contributed by atoms with van der Waals surface area (Å²) in [5, 5.41) is 6.14. The number of carbonyl (C=O) groups excluding carboxylic acids is 1. The standard InChI is InChI=1S/C17H24ClF3N6O2/c1-23-16(26-12-2-5-27(6-3-12)10-14(22)28)24-4-7-29-15-13(18)8-11(9-25-15)17(19,20)21/h8-9,12H,2-7,10H2,1H3,(H2,22,28)(H2,23,24,26). The normalized spacial score (nSPS) is 16.5. The molecule has 2 heterocycles. The van der Waals surface area contributed by atoms with Gasteiger partial charge in [0.1, 0.15) is 11.6 Å². The summed E-state index contributed by atoms with van der Waals surface area (Å²) in [5.41, 5.74) is 4.28. The quantitative estimate of drug-likeness (QED) is 0.337. The zero-order valence-electron chi connectivity index (χ0n) is 15.9. The van der Waals surface area contributed by atoms with E-state index in [1.807, 2.05) is 4.90 Å². The Morgan fingerprint density at radius 3 is 2.69 bits per heavy atom. The molecule has 1 aliphatic heterocycles. The summed E-state index contributed by atoms with van der Waals surface area (Å²) in [6.07, 6.45) is -2.14. The number of guanidine groups is 1. The molecule has 0 aliphatic carbocycles. The molecule has 0 spiro atoms. The van der Waals surface area contributed by atoms with Gasteiger partial charge in [0.15, 0.2) is 5.96 Å². The van der Waals surface area contributed by atoms with Gasteiger partial charge in [0.25, 0.3) is 0 Å². The first-order chi connectivity index (χ1) is 13.7. The summed E-state index contributed by atoms with van der Waals surface area (Å²) in [4.78, 5) is 20.7. The summed E-state index contributed by atoms with van der Waals surface area (Å²) in [7, 11) is 1.63. The van der Waals surface area contributed by atoms with E-state index >= 15 is 0 Å². The summed E-state index contributed by atoms with van der Waals surface area (Å²) < 4.78 is 43.2. The van der Waals surface area contributed by atoms with Crippen LogP contribution in [-0.4, -0.2) is 67.6 Å². The third-order valence-corrected chi connectivity index (χ3v) is 4.57. The molecule has 1 saturated heterocycles. The molecule has 29 heavy (non-hydrogen) atoms. The van der Waals surface area contributed by atoms with Gasteiger partial charge in [-0.15, -0.1) is 0 Å². The van der Waals surface area contributed by atoms with Crippen LogP contribution in [0.5, 0.6) is 5.88 Å². The molecule has 0 radical (unpaired) electrons. The smallest absolute Gasteiger partial charge is 0.417 e. The summed E-state index contributed by atoms with van der Waals surface area (Å²) in [6.45, 7) is 2.27. The number of hydrogen-bond acceptors (Lipinski definition) is 5. The molecule has 12 heteroatoms. The minimum absolute atomic E-state index is 0.0637. The molecule has 2 rings (SSSR count). The van der Waals surface area contributed by atoms with Crippen molar-refractivity contribution >= 4 is 23.5 Å². The van der Waals surface area contributed by atoms with Crippen LogP contribution in [0.4, 0.5) is 13.2 Å². The fourth-order valence-electron chi connectivity index (χ4n) is 2.85. The minimum atomic E-state index is -4.51. The van der Waals surface area contributed by atoms with Gasteiger partial charge in [-0.05, 0) is 18.9 Å².